The molecule has 0 aromatic heterocycles. The number of carbonyl (C=O) groups excluding carboxylic acids is 1. The van der Waals surface area contributed by atoms with Crippen LogP contribution in [0.5, 0.6) is 5.75 Å². The first-order valence-electron chi connectivity index (χ1n) is 7.91. The number of hydrogen-bond acceptors (Lipinski definition) is 3. The molecule has 1 amide bonds. The van der Waals surface area contributed by atoms with Gasteiger partial charge in [0.1, 0.15) is 5.75 Å². The summed E-state index contributed by atoms with van der Waals surface area (Å²) in [5.74, 6) is 1.65. The molecule has 1 aromatic rings. The summed E-state index contributed by atoms with van der Waals surface area (Å²) in [4.78, 5) is 14.5. The van der Waals surface area contributed by atoms with Gasteiger partial charge in [-0.25, -0.2) is 0 Å². The highest BCUT2D eigenvalue weighted by atomic mass is 16.5. The molecule has 1 fully saturated rings. The first-order valence-corrected chi connectivity index (χ1v) is 7.91. The smallest absolute Gasteiger partial charge is 0.253 e. The van der Waals surface area contributed by atoms with Gasteiger partial charge < -0.3 is 15.0 Å². The molecule has 1 heterocycles. The number of rotatable bonds is 6. The van der Waals surface area contributed by atoms with Crippen molar-refractivity contribution in [2.75, 3.05) is 33.3 Å². The Labute approximate surface area is 127 Å². The molecular formula is C17H26N2O2. The third-order valence-electron chi connectivity index (χ3n) is 4.10. The van der Waals surface area contributed by atoms with E-state index in [1.807, 2.05) is 43.1 Å². The summed E-state index contributed by atoms with van der Waals surface area (Å²) >= 11 is 0. The lowest BCUT2D eigenvalue weighted by Gasteiger charge is -2.32. The highest BCUT2D eigenvalue weighted by Gasteiger charge is 2.23. The van der Waals surface area contributed by atoms with E-state index in [2.05, 4.69) is 5.32 Å². The van der Waals surface area contributed by atoms with Crippen LogP contribution in [-0.2, 0) is 0 Å². The Balaban J connectivity index is 1.91. The predicted octanol–water partition coefficient (Wildman–Crippen LogP) is 2.55. The molecule has 0 radical (unpaired) electrons. The average molecular weight is 290 g/mol. The van der Waals surface area contributed by atoms with Gasteiger partial charge >= 0.3 is 0 Å². The Morgan fingerprint density at radius 1 is 1.38 bits per heavy atom. The molecule has 1 aliphatic rings. The molecule has 0 bridgehead atoms. The first kappa shape index (κ1) is 15.8. The zero-order valence-electron chi connectivity index (χ0n) is 13.1. The van der Waals surface area contributed by atoms with Crippen molar-refractivity contribution in [2.45, 2.75) is 26.2 Å². The lowest BCUT2D eigenvalue weighted by atomic mass is 9.93. The van der Waals surface area contributed by atoms with Gasteiger partial charge in [0, 0.05) is 18.7 Å². The third kappa shape index (κ3) is 4.46. The van der Waals surface area contributed by atoms with Crippen LogP contribution in [0, 0.1) is 5.92 Å². The van der Waals surface area contributed by atoms with Gasteiger partial charge in [-0.15, -0.1) is 0 Å². The topological polar surface area (TPSA) is 41.6 Å². The fraction of sp³-hybridized carbons (Fsp3) is 0.588. The van der Waals surface area contributed by atoms with Gasteiger partial charge in [0.15, 0.2) is 0 Å². The Morgan fingerprint density at radius 3 is 2.81 bits per heavy atom. The molecule has 4 heteroatoms. The zero-order valence-corrected chi connectivity index (χ0v) is 13.1. The van der Waals surface area contributed by atoms with Crippen LogP contribution >= 0.6 is 0 Å². The minimum Gasteiger partial charge on any atom is -0.494 e. The number of benzene rings is 1. The number of amides is 1. The Bertz CT molecular complexity index is 454. The number of hydrogen-bond donors (Lipinski definition) is 1. The van der Waals surface area contributed by atoms with Gasteiger partial charge in [0.05, 0.1) is 6.61 Å². The normalized spacial score (nSPS) is 16.0. The van der Waals surface area contributed by atoms with Crippen molar-refractivity contribution in [2.24, 2.45) is 5.92 Å². The molecule has 4 nitrogen and oxygen atoms in total. The third-order valence-corrected chi connectivity index (χ3v) is 4.10. The van der Waals surface area contributed by atoms with Crippen molar-refractivity contribution < 1.29 is 9.53 Å². The summed E-state index contributed by atoms with van der Waals surface area (Å²) in [6.45, 7) is 5.37. The molecule has 2 rings (SSSR count). The summed E-state index contributed by atoms with van der Waals surface area (Å²) in [5.41, 5.74) is 0.731. The van der Waals surface area contributed by atoms with Crippen molar-refractivity contribution in [3.8, 4) is 5.75 Å². The van der Waals surface area contributed by atoms with Crippen LogP contribution in [0.4, 0.5) is 0 Å². The minimum atomic E-state index is 0.128. The number of likely N-dealkylation sites (tertiary alicyclic amines) is 1. The van der Waals surface area contributed by atoms with Crippen LogP contribution in [0.25, 0.3) is 0 Å². The molecule has 0 unspecified atom stereocenters. The number of nitrogens with zero attached hydrogens (tertiary/aromatic N) is 1. The number of nitrogens with one attached hydrogen (secondary N) is 1. The number of ether oxygens (including phenoxy) is 1. The predicted molar refractivity (Wildman–Crippen MR) is 84.8 cm³/mol. The van der Waals surface area contributed by atoms with E-state index in [1.54, 1.807) is 0 Å². The zero-order chi connectivity index (χ0) is 15.1. The second-order valence-electron chi connectivity index (χ2n) is 5.59. The van der Waals surface area contributed by atoms with E-state index in [1.165, 1.54) is 6.42 Å². The van der Waals surface area contributed by atoms with Crippen molar-refractivity contribution >= 4 is 5.91 Å². The maximum atomic E-state index is 12.5. The molecule has 1 aromatic carbocycles. The second kappa shape index (κ2) is 8.03. The molecule has 0 saturated carbocycles. The Hall–Kier alpha value is -1.55. The molecule has 0 atom stereocenters. The van der Waals surface area contributed by atoms with Crippen LogP contribution < -0.4 is 10.1 Å². The van der Waals surface area contributed by atoms with Gasteiger partial charge in [-0.3, -0.25) is 4.79 Å². The van der Waals surface area contributed by atoms with Crippen LogP contribution in [0.15, 0.2) is 24.3 Å². The molecule has 1 aliphatic heterocycles. The molecule has 1 N–H and O–H groups in total. The van der Waals surface area contributed by atoms with Crippen LogP contribution in [0.2, 0.25) is 0 Å². The Morgan fingerprint density at radius 2 is 2.14 bits per heavy atom. The van der Waals surface area contributed by atoms with Crippen LogP contribution in [0.1, 0.15) is 36.5 Å². The van der Waals surface area contributed by atoms with E-state index >= 15 is 0 Å². The van der Waals surface area contributed by atoms with E-state index in [0.29, 0.717) is 6.61 Å². The van der Waals surface area contributed by atoms with E-state index in [4.69, 9.17) is 4.74 Å². The summed E-state index contributed by atoms with van der Waals surface area (Å²) in [6.07, 6.45) is 3.43. The SMILES string of the molecule is CCOc1cccc(C(=O)N2CCC(CCNC)CC2)c1. The van der Waals surface area contributed by atoms with Crippen LogP contribution in [0.3, 0.4) is 0 Å². The average Bonchev–Trinajstić information content (AvgIpc) is 2.53. The largest absolute Gasteiger partial charge is 0.494 e. The molecule has 116 valence electrons. The van der Waals surface area contributed by atoms with E-state index in [9.17, 15) is 4.79 Å². The van der Waals surface area contributed by atoms with Crippen molar-refractivity contribution in [3.05, 3.63) is 29.8 Å². The quantitative estimate of drug-likeness (QED) is 0.875. The summed E-state index contributed by atoms with van der Waals surface area (Å²) in [7, 11) is 1.99. The Kier molecular flexibility index (Phi) is 6.05. The highest BCUT2D eigenvalue weighted by molar-refractivity contribution is 5.94. The summed E-state index contributed by atoms with van der Waals surface area (Å²) in [6, 6.07) is 7.50. The van der Waals surface area contributed by atoms with Crippen molar-refractivity contribution in [1.29, 1.82) is 0 Å². The first-order chi connectivity index (χ1) is 10.2. The fourth-order valence-electron chi connectivity index (χ4n) is 2.84. The van der Waals surface area contributed by atoms with Crippen LogP contribution in [-0.4, -0.2) is 44.1 Å². The monoisotopic (exact) mass is 290 g/mol. The second-order valence-corrected chi connectivity index (χ2v) is 5.59. The van der Waals surface area contributed by atoms with Gasteiger partial charge in [-0.1, -0.05) is 6.07 Å². The lowest BCUT2D eigenvalue weighted by Crippen LogP contribution is -2.38. The van der Waals surface area contributed by atoms with Gasteiger partial charge in [-0.2, -0.15) is 0 Å². The van der Waals surface area contributed by atoms with Gasteiger partial charge in [0.2, 0.25) is 0 Å². The molecule has 21 heavy (non-hydrogen) atoms. The van der Waals surface area contributed by atoms with E-state index < -0.39 is 0 Å². The highest BCUT2D eigenvalue weighted by Crippen LogP contribution is 2.22. The maximum Gasteiger partial charge on any atom is 0.253 e. The molecule has 0 spiro atoms. The lowest BCUT2D eigenvalue weighted by molar-refractivity contribution is 0.0686. The minimum absolute atomic E-state index is 0.128. The van der Waals surface area contributed by atoms with Crippen molar-refractivity contribution in [3.63, 3.8) is 0 Å². The van der Waals surface area contributed by atoms with E-state index in [0.717, 1.165) is 49.7 Å². The van der Waals surface area contributed by atoms with Gasteiger partial charge in [-0.05, 0) is 63.9 Å². The molecule has 0 aliphatic carbocycles. The number of carbonyl (C=O) groups is 1. The van der Waals surface area contributed by atoms with Crippen molar-refractivity contribution in [1.82, 2.24) is 10.2 Å². The van der Waals surface area contributed by atoms with Gasteiger partial charge in [0.25, 0.3) is 5.91 Å². The summed E-state index contributed by atoms with van der Waals surface area (Å²) < 4.78 is 5.47. The fourth-order valence-corrected chi connectivity index (χ4v) is 2.84. The molecule has 1 saturated heterocycles. The van der Waals surface area contributed by atoms with E-state index in [-0.39, 0.29) is 5.91 Å². The number of piperidine rings is 1. The summed E-state index contributed by atoms with van der Waals surface area (Å²) in [5, 5.41) is 3.20. The maximum absolute atomic E-state index is 12.5. The molecular weight excluding hydrogens is 264 g/mol. The standard InChI is InChI=1S/C17H26N2O2/c1-3-21-16-6-4-5-15(13-16)17(20)19-11-8-14(9-12-19)7-10-18-2/h4-6,13-14,18H,3,7-12H2,1-2H3.